The van der Waals surface area contributed by atoms with Gasteiger partial charge in [-0.25, -0.2) is 4.79 Å². The van der Waals surface area contributed by atoms with E-state index >= 15 is 0 Å². The maximum atomic E-state index is 13.3. The number of rotatable bonds is 13. The van der Waals surface area contributed by atoms with E-state index in [-0.39, 0.29) is 12.2 Å². The molecule has 204 valence electrons. The Morgan fingerprint density at radius 1 is 0.919 bits per heavy atom. The van der Waals surface area contributed by atoms with Crippen molar-refractivity contribution in [2.75, 3.05) is 13.7 Å². The molecule has 2 aromatic rings. The van der Waals surface area contributed by atoms with Crippen LogP contribution in [0, 0.1) is 0 Å². The molecule has 0 heterocycles. The number of carbonyl (C=O) groups is 1. The number of likely N-dealkylation sites (N-methyl/N-ethyl adjacent to an activating group) is 1. The Morgan fingerprint density at radius 3 is 2.08 bits per heavy atom. The van der Waals surface area contributed by atoms with Crippen LogP contribution in [-0.4, -0.2) is 48.2 Å². The Labute approximate surface area is 223 Å². The van der Waals surface area contributed by atoms with Crippen LogP contribution >= 0.6 is 0 Å². The zero-order valence-corrected chi connectivity index (χ0v) is 23.3. The van der Waals surface area contributed by atoms with E-state index in [1.807, 2.05) is 69.3 Å². The number of hydrogen-bond acceptors (Lipinski definition) is 5. The fourth-order valence-electron chi connectivity index (χ4n) is 4.71. The highest BCUT2D eigenvalue weighted by Gasteiger charge is 2.55. The van der Waals surface area contributed by atoms with Gasteiger partial charge >= 0.3 is 6.09 Å². The molecule has 0 unspecified atom stereocenters. The van der Waals surface area contributed by atoms with Crippen LogP contribution in [0.25, 0.3) is 0 Å². The molecule has 1 amide bonds. The third-order valence-corrected chi connectivity index (χ3v) is 6.71. The lowest BCUT2D eigenvalue weighted by atomic mass is 10.1. The highest BCUT2D eigenvalue weighted by atomic mass is 16.6. The second-order valence-electron chi connectivity index (χ2n) is 10.9. The van der Waals surface area contributed by atoms with Crippen molar-refractivity contribution in [3.8, 4) is 0 Å². The van der Waals surface area contributed by atoms with Crippen molar-refractivity contribution in [3.05, 3.63) is 71.8 Å². The van der Waals surface area contributed by atoms with Crippen LogP contribution in [0.2, 0.25) is 0 Å². The number of nitrogens with zero attached hydrogens (tertiary/aromatic N) is 1. The summed E-state index contributed by atoms with van der Waals surface area (Å²) in [6, 6.07) is 20.2. The second kappa shape index (κ2) is 13.9. The lowest BCUT2D eigenvalue weighted by Crippen LogP contribution is -2.58. The van der Waals surface area contributed by atoms with Gasteiger partial charge in [-0.05, 0) is 38.3 Å². The molecular weight excluding hydrogens is 466 g/mol. The molecule has 0 aromatic heterocycles. The number of hydrogen-bond donors (Lipinski definition) is 0. The topological polar surface area (TPSA) is 57.2 Å². The lowest BCUT2D eigenvalue weighted by Gasteiger charge is -2.42. The maximum absolute atomic E-state index is 13.3. The van der Waals surface area contributed by atoms with Crippen molar-refractivity contribution in [2.24, 2.45) is 0 Å². The van der Waals surface area contributed by atoms with Crippen LogP contribution < -0.4 is 0 Å². The number of unbranched alkanes of at least 4 members (excludes halogenated alkanes) is 3. The van der Waals surface area contributed by atoms with E-state index in [9.17, 15) is 4.79 Å². The fourth-order valence-corrected chi connectivity index (χ4v) is 4.71. The number of amides is 1. The molecule has 1 fully saturated rings. The highest BCUT2D eigenvalue weighted by molar-refractivity contribution is 5.69. The Bertz CT molecular complexity index is 930. The third kappa shape index (κ3) is 8.84. The fraction of sp³-hybridized carbons (Fsp3) is 0.581. The van der Waals surface area contributed by atoms with E-state index in [0.29, 0.717) is 32.7 Å². The zero-order chi connectivity index (χ0) is 26.7. The van der Waals surface area contributed by atoms with Crippen molar-refractivity contribution in [3.63, 3.8) is 0 Å². The van der Waals surface area contributed by atoms with Crippen LogP contribution in [0.4, 0.5) is 4.79 Å². The monoisotopic (exact) mass is 511 g/mol. The molecule has 0 bridgehead atoms. The predicted octanol–water partition coefficient (Wildman–Crippen LogP) is 7.11. The smallest absolute Gasteiger partial charge is 0.412 e. The summed E-state index contributed by atoms with van der Waals surface area (Å²) in [5.74, 6) is 0. The van der Waals surface area contributed by atoms with Gasteiger partial charge < -0.3 is 18.9 Å². The minimum Gasteiger partial charge on any atom is -0.444 e. The van der Waals surface area contributed by atoms with Crippen molar-refractivity contribution < 1.29 is 23.7 Å². The molecule has 0 aliphatic heterocycles. The molecule has 3 rings (SSSR count). The third-order valence-electron chi connectivity index (χ3n) is 6.71. The Kier molecular flexibility index (Phi) is 11.0. The average Bonchev–Trinajstić information content (AvgIpc) is 3.24. The molecule has 6 nitrogen and oxygen atoms in total. The van der Waals surface area contributed by atoms with Crippen LogP contribution in [0.1, 0.15) is 77.3 Å². The van der Waals surface area contributed by atoms with Gasteiger partial charge in [-0.15, -0.1) is 0 Å². The lowest BCUT2D eigenvalue weighted by molar-refractivity contribution is -0.203. The van der Waals surface area contributed by atoms with Crippen LogP contribution in [0.15, 0.2) is 60.7 Å². The SMILES string of the molecule is CCCCCCO[C@]1(N(C)C(=O)OC(C)(C)C)C[C@H](OCc2ccccc2)C[C@@H]1OCc1ccccc1. The molecule has 3 atom stereocenters. The van der Waals surface area contributed by atoms with Crippen LogP contribution in [0.3, 0.4) is 0 Å². The van der Waals surface area contributed by atoms with Gasteiger partial charge in [-0.1, -0.05) is 86.8 Å². The molecule has 1 aliphatic rings. The van der Waals surface area contributed by atoms with E-state index < -0.39 is 17.4 Å². The summed E-state index contributed by atoms with van der Waals surface area (Å²) in [5.41, 5.74) is 0.594. The molecule has 0 saturated heterocycles. The van der Waals surface area contributed by atoms with E-state index in [1.165, 1.54) is 0 Å². The number of carbonyl (C=O) groups excluding carboxylic acids is 1. The average molecular weight is 512 g/mol. The molecule has 6 heteroatoms. The van der Waals surface area contributed by atoms with Crippen molar-refractivity contribution in [2.45, 2.75) is 103 Å². The van der Waals surface area contributed by atoms with E-state index in [0.717, 1.165) is 36.8 Å². The van der Waals surface area contributed by atoms with Gasteiger partial charge in [0.25, 0.3) is 0 Å². The van der Waals surface area contributed by atoms with Gasteiger partial charge in [0, 0.05) is 26.5 Å². The standard InChI is InChI=1S/C31H45NO5/c1-6-7-8-15-20-36-31(32(5)29(33)37-30(2,3)4)22-27(34-23-25-16-11-9-12-17-25)21-28(31)35-24-26-18-13-10-14-19-26/h9-14,16-19,27-28H,6-8,15,20-24H2,1-5H3/t27-,28+,31-/m1/s1. The van der Waals surface area contributed by atoms with Crippen molar-refractivity contribution in [1.29, 1.82) is 0 Å². The second-order valence-corrected chi connectivity index (χ2v) is 10.9. The zero-order valence-electron chi connectivity index (χ0n) is 23.3. The molecule has 1 saturated carbocycles. The molecule has 0 radical (unpaired) electrons. The predicted molar refractivity (Wildman–Crippen MR) is 146 cm³/mol. The Morgan fingerprint density at radius 2 is 1.51 bits per heavy atom. The van der Waals surface area contributed by atoms with Crippen molar-refractivity contribution >= 4 is 6.09 Å². The first kappa shape index (κ1) is 29.2. The number of benzene rings is 2. The maximum Gasteiger partial charge on any atom is 0.412 e. The highest BCUT2D eigenvalue weighted by Crippen LogP contribution is 2.41. The van der Waals surface area contributed by atoms with E-state index in [1.54, 1.807) is 11.9 Å². The molecule has 0 spiro atoms. The van der Waals surface area contributed by atoms with Crippen LogP contribution in [0.5, 0.6) is 0 Å². The number of ether oxygens (including phenoxy) is 4. The largest absolute Gasteiger partial charge is 0.444 e. The molecule has 2 aromatic carbocycles. The van der Waals surface area contributed by atoms with Crippen molar-refractivity contribution in [1.82, 2.24) is 4.90 Å². The summed E-state index contributed by atoms with van der Waals surface area (Å²) in [7, 11) is 1.76. The van der Waals surface area contributed by atoms with E-state index in [2.05, 4.69) is 19.1 Å². The first-order valence-corrected chi connectivity index (χ1v) is 13.7. The van der Waals surface area contributed by atoms with Gasteiger partial charge in [0.15, 0.2) is 5.72 Å². The summed E-state index contributed by atoms with van der Waals surface area (Å²) in [4.78, 5) is 14.9. The molecule has 0 N–H and O–H groups in total. The normalized spacial score (nSPS) is 21.6. The van der Waals surface area contributed by atoms with Crippen LogP contribution in [-0.2, 0) is 32.2 Å². The summed E-state index contributed by atoms with van der Waals surface area (Å²) < 4.78 is 25.3. The molecule has 1 aliphatic carbocycles. The van der Waals surface area contributed by atoms with Gasteiger partial charge in [0.1, 0.15) is 11.7 Å². The first-order chi connectivity index (χ1) is 17.7. The first-order valence-electron chi connectivity index (χ1n) is 13.7. The minimum absolute atomic E-state index is 0.124. The quantitative estimate of drug-likeness (QED) is 0.212. The summed E-state index contributed by atoms with van der Waals surface area (Å²) in [5, 5.41) is 0. The van der Waals surface area contributed by atoms with Gasteiger partial charge in [0.2, 0.25) is 0 Å². The minimum atomic E-state index is -0.981. The molecular formula is C31H45NO5. The summed E-state index contributed by atoms with van der Waals surface area (Å²) in [6.07, 6.45) is 4.57. The Hall–Kier alpha value is -2.41. The summed E-state index contributed by atoms with van der Waals surface area (Å²) >= 11 is 0. The summed E-state index contributed by atoms with van der Waals surface area (Å²) in [6.45, 7) is 9.30. The van der Waals surface area contributed by atoms with Gasteiger partial charge in [0.05, 0.1) is 19.3 Å². The molecule has 37 heavy (non-hydrogen) atoms. The van der Waals surface area contributed by atoms with Gasteiger partial charge in [-0.2, -0.15) is 0 Å². The Balaban J connectivity index is 1.83. The van der Waals surface area contributed by atoms with Gasteiger partial charge in [-0.3, -0.25) is 4.90 Å². The van der Waals surface area contributed by atoms with E-state index in [4.69, 9.17) is 18.9 Å².